The zero-order valence-electron chi connectivity index (χ0n) is 15.8. The number of aromatic nitrogens is 5. The maximum absolute atomic E-state index is 13.7. The number of rotatable bonds is 6. The number of benzene rings is 1. The van der Waals surface area contributed by atoms with Crippen LogP contribution in [0.1, 0.15) is 19.2 Å². The van der Waals surface area contributed by atoms with E-state index < -0.39 is 12.2 Å². The van der Waals surface area contributed by atoms with Crippen molar-refractivity contribution in [1.29, 1.82) is 0 Å². The van der Waals surface area contributed by atoms with Gasteiger partial charge >= 0.3 is 0 Å². The Hall–Kier alpha value is -2.92. The summed E-state index contributed by atoms with van der Waals surface area (Å²) in [6.45, 7) is 3.81. The Morgan fingerprint density at radius 2 is 1.83 bits per heavy atom. The maximum Gasteiger partial charge on any atom is 0.296 e. The summed E-state index contributed by atoms with van der Waals surface area (Å²) >= 11 is 0. The third kappa shape index (κ3) is 3.96. The second-order valence-corrected chi connectivity index (χ2v) is 6.68. The van der Waals surface area contributed by atoms with Crippen molar-refractivity contribution < 1.29 is 18.6 Å². The Morgan fingerprint density at radius 3 is 2.55 bits per heavy atom. The number of halogens is 2. The third-order valence-corrected chi connectivity index (χ3v) is 4.54. The van der Waals surface area contributed by atoms with Gasteiger partial charge in [0.25, 0.3) is 6.43 Å². The van der Waals surface area contributed by atoms with Crippen molar-refractivity contribution in [2.24, 2.45) is 0 Å². The molecule has 0 radical (unpaired) electrons. The van der Waals surface area contributed by atoms with E-state index in [0.29, 0.717) is 43.3 Å². The number of nitrogens with one attached hydrogen (secondary N) is 1. The van der Waals surface area contributed by atoms with Gasteiger partial charge in [0.1, 0.15) is 0 Å². The summed E-state index contributed by atoms with van der Waals surface area (Å²) < 4.78 is 34.1. The van der Waals surface area contributed by atoms with Crippen molar-refractivity contribution in [1.82, 2.24) is 24.5 Å². The molecule has 2 aromatic heterocycles. The lowest BCUT2D eigenvalue weighted by Gasteiger charge is -2.27. The van der Waals surface area contributed by atoms with Gasteiger partial charge in [-0.2, -0.15) is 15.0 Å². The monoisotopic (exact) mass is 405 g/mol. The van der Waals surface area contributed by atoms with Gasteiger partial charge in [0.05, 0.1) is 30.9 Å². The molecular weight excluding hydrogens is 384 g/mol. The SMILES string of the molecule is CC(CO)Nc1nc(N2CCOCC2)nc(-n2c(C(F)F)nc3ccccc32)n1. The molecule has 1 aliphatic heterocycles. The zero-order valence-corrected chi connectivity index (χ0v) is 15.8. The number of aliphatic hydroxyl groups excluding tert-OH is 1. The number of aliphatic hydroxyl groups is 1. The first kappa shape index (κ1) is 19.4. The second kappa shape index (κ2) is 8.21. The van der Waals surface area contributed by atoms with E-state index >= 15 is 0 Å². The van der Waals surface area contributed by atoms with Crippen LogP contribution in [0.2, 0.25) is 0 Å². The largest absolute Gasteiger partial charge is 0.394 e. The molecule has 0 aliphatic carbocycles. The Bertz CT molecular complexity index is 992. The molecule has 0 bridgehead atoms. The molecular formula is C18H21F2N7O2. The lowest BCUT2D eigenvalue weighted by atomic mass is 10.3. The summed E-state index contributed by atoms with van der Waals surface area (Å²) in [4.78, 5) is 19.2. The van der Waals surface area contributed by atoms with Gasteiger partial charge in [-0.1, -0.05) is 12.1 Å². The molecule has 29 heavy (non-hydrogen) atoms. The Kier molecular flexibility index (Phi) is 5.49. The zero-order chi connectivity index (χ0) is 20.4. The standard InChI is InChI=1S/C18H21F2N7O2/c1-11(10-28)21-16-23-17(26-6-8-29-9-7-26)25-18(24-16)27-13-5-3-2-4-12(13)22-15(27)14(19)20/h2-5,11,14,28H,6-10H2,1H3,(H,21,23,24,25). The Morgan fingerprint density at radius 1 is 1.10 bits per heavy atom. The van der Waals surface area contributed by atoms with Gasteiger partial charge in [0.15, 0.2) is 5.82 Å². The highest BCUT2D eigenvalue weighted by atomic mass is 19.3. The van der Waals surface area contributed by atoms with Gasteiger partial charge < -0.3 is 20.1 Å². The number of hydrogen-bond acceptors (Lipinski definition) is 8. The van der Waals surface area contributed by atoms with Crippen LogP contribution in [0, 0.1) is 0 Å². The van der Waals surface area contributed by atoms with Gasteiger partial charge in [0, 0.05) is 19.1 Å². The lowest BCUT2D eigenvalue weighted by molar-refractivity contribution is 0.122. The van der Waals surface area contributed by atoms with Crippen molar-refractivity contribution in [3.05, 3.63) is 30.1 Å². The molecule has 154 valence electrons. The number of fused-ring (bicyclic) bond motifs is 1. The third-order valence-electron chi connectivity index (χ3n) is 4.54. The molecule has 1 atom stereocenters. The number of anilines is 2. The first-order valence-corrected chi connectivity index (χ1v) is 9.29. The minimum absolute atomic E-state index is 0.0399. The molecule has 2 N–H and O–H groups in total. The maximum atomic E-state index is 13.7. The number of alkyl halides is 2. The average Bonchev–Trinajstić information content (AvgIpc) is 3.14. The molecule has 0 spiro atoms. The van der Waals surface area contributed by atoms with Crippen LogP contribution in [-0.2, 0) is 4.74 Å². The first-order valence-electron chi connectivity index (χ1n) is 9.29. The second-order valence-electron chi connectivity index (χ2n) is 6.68. The molecule has 1 aromatic carbocycles. The number of hydrogen-bond donors (Lipinski definition) is 2. The molecule has 1 unspecified atom stereocenters. The molecule has 3 heterocycles. The fourth-order valence-electron chi connectivity index (χ4n) is 3.09. The fourth-order valence-corrected chi connectivity index (χ4v) is 3.09. The van der Waals surface area contributed by atoms with Crippen LogP contribution in [0.4, 0.5) is 20.7 Å². The first-order chi connectivity index (χ1) is 14.1. The predicted octanol–water partition coefficient (Wildman–Crippen LogP) is 1.78. The molecule has 1 fully saturated rings. The van der Waals surface area contributed by atoms with Crippen LogP contribution < -0.4 is 10.2 Å². The normalized spacial score (nSPS) is 15.8. The van der Waals surface area contributed by atoms with Crippen molar-refractivity contribution in [2.75, 3.05) is 43.1 Å². The molecule has 1 saturated heterocycles. The summed E-state index contributed by atoms with van der Waals surface area (Å²) in [5.74, 6) is 0.143. The summed E-state index contributed by atoms with van der Waals surface area (Å²) in [6.07, 6.45) is -2.81. The lowest BCUT2D eigenvalue weighted by Crippen LogP contribution is -2.38. The molecule has 0 saturated carbocycles. The van der Waals surface area contributed by atoms with E-state index in [1.807, 2.05) is 4.90 Å². The van der Waals surface area contributed by atoms with E-state index in [0.717, 1.165) is 0 Å². The molecule has 1 aliphatic rings. The van der Waals surface area contributed by atoms with E-state index in [2.05, 4.69) is 25.3 Å². The number of imidazole rings is 1. The van der Waals surface area contributed by atoms with Crippen molar-refractivity contribution in [3.8, 4) is 5.95 Å². The summed E-state index contributed by atoms with van der Waals surface area (Å²) in [6, 6.07) is 6.51. The fraction of sp³-hybridized carbons (Fsp3) is 0.444. The van der Waals surface area contributed by atoms with Gasteiger partial charge in [-0.3, -0.25) is 4.57 Å². The van der Waals surface area contributed by atoms with Crippen molar-refractivity contribution >= 4 is 22.9 Å². The van der Waals surface area contributed by atoms with Crippen LogP contribution in [0.5, 0.6) is 0 Å². The van der Waals surface area contributed by atoms with Crippen LogP contribution in [-0.4, -0.2) is 68.6 Å². The van der Waals surface area contributed by atoms with Crippen molar-refractivity contribution in [2.45, 2.75) is 19.4 Å². The van der Waals surface area contributed by atoms with Crippen molar-refractivity contribution in [3.63, 3.8) is 0 Å². The van der Waals surface area contributed by atoms with E-state index in [1.165, 1.54) is 4.57 Å². The van der Waals surface area contributed by atoms with Gasteiger partial charge in [-0.25, -0.2) is 13.8 Å². The van der Waals surface area contributed by atoms with E-state index in [-0.39, 0.29) is 24.5 Å². The minimum atomic E-state index is -2.81. The quantitative estimate of drug-likeness (QED) is 0.640. The van der Waals surface area contributed by atoms with E-state index in [4.69, 9.17) is 4.74 Å². The Balaban J connectivity index is 1.87. The highest BCUT2D eigenvalue weighted by Gasteiger charge is 2.24. The van der Waals surface area contributed by atoms with Crippen LogP contribution >= 0.6 is 0 Å². The molecule has 3 aromatic rings. The topological polar surface area (TPSA) is 101 Å². The number of para-hydroxylation sites is 2. The summed E-state index contributed by atoms with van der Waals surface area (Å²) in [5.41, 5.74) is 0.900. The number of ether oxygens (including phenoxy) is 1. The predicted molar refractivity (Wildman–Crippen MR) is 103 cm³/mol. The van der Waals surface area contributed by atoms with Gasteiger partial charge in [-0.05, 0) is 19.1 Å². The molecule has 11 heteroatoms. The van der Waals surface area contributed by atoms with E-state index in [1.54, 1.807) is 31.2 Å². The van der Waals surface area contributed by atoms with Gasteiger partial charge in [-0.15, -0.1) is 0 Å². The highest BCUT2D eigenvalue weighted by molar-refractivity contribution is 5.77. The average molecular weight is 405 g/mol. The minimum Gasteiger partial charge on any atom is -0.394 e. The summed E-state index contributed by atoms with van der Waals surface area (Å²) in [5, 5.41) is 12.3. The van der Waals surface area contributed by atoms with Crippen LogP contribution in [0.15, 0.2) is 24.3 Å². The van der Waals surface area contributed by atoms with Gasteiger partial charge in [0.2, 0.25) is 17.8 Å². The van der Waals surface area contributed by atoms with Crippen LogP contribution in [0.3, 0.4) is 0 Å². The highest BCUT2D eigenvalue weighted by Crippen LogP contribution is 2.27. The number of morpholine rings is 1. The molecule has 0 amide bonds. The summed E-state index contributed by atoms with van der Waals surface area (Å²) in [7, 11) is 0. The molecule has 4 rings (SSSR count). The van der Waals surface area contributed by atoms with E-state index in [9.17, 15) is 13.9 Å². The van der Waals surface area contributed by atoms with Crippen LogP contribution in [0.25, 0.3) is 17.0 Å². The molecule has 9 nitrogen and oxygen atoms in total. The Labute approximate surface area is 165 Å². The number of nitrogens with zero attached hydrogens (tertiary/aromatic N) is 6. The smallest absolute Gasteiger partial charge is 0.296 e.